The summed E-state index contributed by atoms with van der Waals surface area (Å²) < 4.78 is 7.72. The van der Waals surface area contributed by atoms with Gasteiger partial charge in [0.05, 0.1) is 18.9 Å². The van der Waals surface area contributed by atoms with E-state index in [1.165, 1.54) is 16.0 Å². The summed E-state index contributed by atoms with van der Waals surface area (Å²) >= 11 is 8.04. The van der Waals surface area contributed by atoms with E-state index < -0.39 is 5.54 Å². The first kappa shape index (κ1) is 25.5. The third kappa shape index (κ3) is 4.89. The van der Waals surface area contributed by atoms with Gasteiger partial charge < -0.3 is 9.64 Å². The summed E-state index contributed by atoms with van der Waals surface area (Å²) in [5.41, 5.74) is 3.92. The maximum Gasteiger partial charge on any atom is 0.167 e. The minimum atomic E-state index is -0.566. The molecule has 1 aromatic carbocycles. The fourth-order valence-corrected chi connectivity index (χ4v) is 6.60. The van der Waals surface area contributed by atoms with Gasteiger partial charge in [-0.1, -0.05) is 23.7 Å². The lowest BCUT2D eigenvalue weighted by Gasteiger charge is -2.31. The Labute approximate surface area is 222 Å². The highest BCUT2D eigenvalue weighted by Crippen LogP contribution is 2.41. The topological polar surface area (TPSA) is 58.8 Å². The molecule has 0 spiro atoms. The second kappa shape index (κ2) is 10.3. The first-order valence-corrected chi connectivity index (χ1v) is 13.8. The average molecular weight is 527 g/mol. The molecule has 1 saturated heterocycles. The number of fused-ring (bicyclic) bond motifs is 3. The van der Waals surface area contributed by atoms with Gasteiger partial charge in [-0.15, -0.1) is 21.5 Å². The summed E-state index contributed by atoms with van der Waals surface area (Å²) in [6, 6.07) is 8.03. The zero-order chi connectivity index (χ0) is 25.4. The van der Waals surface area contributed by atoms with E-state index >= 15 is 0 Å². The Hall–Kier alpha value is -2.10. The van der Waals surface area contributed by atoms with Crippen molar-refractivity contribution < 1.29 is 4.74 Å². The van der Waals surface area contributed by atoms with Crippen LogP contribution in [0.2, 0.25) is 5.02 Å². The van der Waals surface area contributed by atoms with Crippen LogP contribution in [0.15, 0.2) is 29.3 Å². The van der Waals surface area contributed by atoms with Gasteiger partial charge in [0.2, 0.25) is 0 Å². The highest BCUT2D eigenvalue weighted by Gasteiger charge is 2.39. The molecule has 2 aliphatic rings. The molecule has 1 atom stereocenters. The fraction of sp³-hybridized carbons (Fsp3) is 0.519. The van der Waals surface area contributed by atoms with Gasteiger partial charge in [0, 0.05) is 40.7 Å². The molecule has 0 saturated carbocycles. The number of thiophene rings is 1. The number of nitrogens with zero attached hydrogens (tertiary/aromatic N) is 6. The van der Waals surface area contributed by atoms with Crippen LogP contribution in [0, 0.1) is 20.8 Å². The zero-order valence-corrected chi connectivity index (χ0v) is 23.4. The Balaban J connectivity index is 1.51. The first-order chi connectivity index (χ1) is 17.3. The maximum absolute atomic E-state index is 6.25. The van der Waals surface area contributed by atoms with E-state index in [1.807, 2.05) is 19.1 Å². The number of aliphatic imine (C=N–C) groups is 1. The highest BCUT2D eigenvalue weighted by molar-refractivity contribution is 7.15. The van der Waals surface area contributed by atoms with Crippen LogP contribution in [-0.2, 0) is 10.3 Å². The van der Waals surface area contributed by atoms with Gasteiger partial charge in [-0.3, -0.25) is 14.5 Å². The molecule has 4 heterocycles. The van der Waals surface area contributed by atoms with Crippen molar-refractivity contribution in [2.24, 2.45) is 4.99 Å². The Morgan fingerprint density at radius 3 is 2.56 bits per heavy atom. The van der Waals surface area contributed by atoms with E-state index in [1.54, 1.807) is 11.3 Å². The number of hydrogen-bond acceptors (Lipinski definition) is 7. The van der Waals surface area contributed by atoms with E-state index in [4.69, 9.17) is 26.4 Å². The summed E-state index contributed by atoms with van der Waals surface area (Å²) in [5, 5.41) is 11.1. The Bertz CT molecular complexity index is 1260. The summed E-state index contributed by atoms with van der Waals surface area (Å²) in [5.74, 6) is 1.78. The molecule has 2 aromatic heterocycles. The molecule has 36 heavy (non-hydrogen) atoms. The monoisotopic (exact) mass is 526 g/mol. The largest absolute Gasteiger partial charge is 0.379 e. The number of likely N-dealkylation sites (N-methyl/N-ethyl adjacent to an activating group) is 1. The standard InChI is InChI=1S/C27H35ClN6OS/c1-18-19(2)36-25-23(18)24(21-7-9-22(28)10-8-21)29-27(4,26-31-30-20(3)34(25)26)17-32(5)11-6-12-33-13-15-35-16-14-33/h7-10H,6,11-17H2,1-5H3. The molecule has 7 nitrogen and oxygen atoms in total. The number of morpholine rings is 1. The van der Waals surface area contributed by atoms with Gasteiger partial charge in [-0.25, -0.2) is 0 Å². The molecule has 1 fully saturated rings. The lowest BCUT2D eigenvalue weighted by molar-refractivity contribution is 0.0362. The Morgan fingerprint density at radius 2 is 1.83 bits per heavy atom. The van der Waals surface area contributed by atoms with Crippen molar-refractivity contribution in [1.82, 2.24) is 24.6 Å². The van der Waals surface area contributed by atoms with Crippen molar-refractivity contribution >= 4 is 28.6 Å². The van der Waals surface area contributed by atoms with Crippen molar-refractivity contribution in [1.29, 1.82) is 0 Å². The second-order valence-corrected chi connectivity index (χ2v) is 11.8. The predicted molar refractivity (Wildman–Crippen MR) is 147 cm³/mol. The van der Waals surface area contributed by atoms with Gasteiger partial charge in [0.1, 0.15) is 16.4 Å². The molecular weight excluding hydrogens is 492 g/mol. The average Bonchev–Trinajstić information content (AvgIpc) is 3.35. The zero-order valence-electron chi connectivity index (χ0n) is 21.8. The van der Waals surface area contributed by atoms with Gasteiger partial charge >= 0.3 is 0 Å². The van der Waals surface area contributed by atoms with Crippen LogP contribution in [0.1, 0.15) is 46.6 Å². The van der Waals surface area contributed by atoms with E-state index in [9.17, 15) is 0 Å². The quantitative estimate of drug-likeness (QED) is 0.449. The smallest absolute Gasteiger partial charge is 0.167 e. The molecule has 0 N–H and O–H groups in total. The van der Waals surface area contributed by atoms with E-state index in [2.05, 4.69) is 59.4 Å². The third-order valence-electron chi connectivity index (χ3n) is 7.29. The normalized spacial score (nSPS) is 20.2. The van der Waals surface area contributed by atoms with Crippen molar-refractivity contribution in [2.45, 2.75) is 39.7 Å². The molecule has 0 bridgehead atoms. The predicted octanol–water partition coefficient (Wildman–Crippen LogP) is 4.63. The van der Waals surface area contributed by atoms with Crippen molar-refractivity contribution in [2.75, 3.05) is 53.0 Å². The van der Waals surface area contributed by atoms with Crippen LogP contribution >= 0.6 is 22.9 Å². The molecule has 3 aromatic rings. The maximum atomic E-state index is 6.25. The van der Waals surface area contributed by atoms with Crippen LogP contribution in [-0.4, -0.2) is 83.3 Å². The molecule has 192 valence electrons. The van der Waals surface area contributed by atoms with E-state index in [-0.39, 0.29) is 0 Å². The van der Waals surface area contributed by atoms with Gasteiger partial charge in [-0.05, 0) is 71.9 Å². The van der Waals surface area contributed by atoms with Crippen LogP contribution in [0.5, 0.6) is 0 Å². The van der Waals surface area contributed by atoms with Crippen LogP contribution in [0.25, 0.3) is 5.00 Å². The van der Waals surface area contributed by atoms with E-state index in [0.717, 1.165) is 85.3 Å². The number of aryl methyl sites for hydroxylation is 2. The molecule has 1 unspecified atom stereocenters. The number of halogens is 1. The van der Waals surface area contributed by atoms with Crippen molar-refractivity contribution in [3.63, 3.8) is 0 Å². The summed E-state index contributed by atoms with van der Waals surface area (Å²) in [7, 11) is 2.19. The second-order valence-electron chi connectivity index (χ2n) is 10.2. The highest BCUT2D eigenvalue weighted by atomic mass is 35.5. The number of aromatic nitrogens is 3. The van der Waals surface area contributed by atoms with Gasteiger partial charge in [-0.2, -0.15) is 0 Å². The van der Waals surface area contributed by atoms with Crippen molar-refractivity contribution in [3.8, 4) is 5.00 Å². The fourth-order valence-electron chi connectivity index (χ4n) is 5.27. The van der Waals surface area contributed by atoms with Crippen LogP contribution < -0.4 is 0 Å². The minimum Gasteiger partial charge on any atom is -0.379 e. The number of hydrogen-bond donors (Lipinski definition) is 0. The molecule has 2 aliphatic heterocycles. The van der Waals surface area contributed by atoms with Crippen molar-refractivity contribution in [3.05, 3.63) is 62.5 Å². The van der Waals surface area contributed by atoms with E-state index in [0.29, 0.717) is 0 Å². The molecule has 0 aliphatic carbocycles. The minimum absolute atomic E-state index is 0.566. The molecule has 9 heteroatoms. The Kier molecular flexibility index (Phi) is 7.34. The lowest BCUT2D eigenvalue weighted by atomic mass is 9.97. The SMILES string of the molecule is Cc1sc2c(c1C)C(c1ccc(Cl)cc1)=NC(C)(CN(C)CCCN1CCOCC1)c1nnc(C)n1-2. The number of ether oxygens (including phenoxy) is 1. The lowest BCUT2D eigenvalue weighted by Crippen LogP contribution is -2.40. The molecule has 5 rings (SSSR count). The molecular formula is C27H35ClN6OS. The molecule has 0 amide bonds. The third-order valence-corrected chi connectivity index (χ3v) is 8.73. The Morgan fingerprint density at radius 1 is 1.11 bits per heavy atom. The summed E-state index contributed by atoms with van der Waals surface area (Å²) in [4.78, 5) is 11.7. The van der Waals surface area contributed by atoms with Gasteiger partial charge in [0.15, 0.2) is 5.82 Å². The summed E-state index contributed by atoms with van der Waals surface area (Å²) in [6.07, 6.45) is 1.11. The molecule has 0 radical (unpaired) electrons. The van der Waals surface area contributed by atoms with Crippen LogP contribution in [0.3, 0.4) is 0 Å². The number of rotatable bonds is 7. The van der Waals surface area contributed by atoms with Gasteiger partial charge in [0.25, 0.3) is 0 Å². The first-order valence-electron chi connectivity index (χ1n) is 12.6. The number of benzene rings is 1. The van der Waals surface area contributed by atoms with Crippen LogP contribution in [0.4, 0.5) is 0 Å². The summed E-state index contributed by atoms with van der Waals surface area (Å²) in [6.45, 7) is 15.2.